The van der Waals surface area contributed by atoms with Crippen molar-refractivity contribution >= 4 is 22.4 Å². The molecule has 1 aliphatic rings. The van der Waals surface area contributed by atoms with Gasteiger partial charge in [-0.15, -0.1) is 0 Å². The number of nitrogens with zero attached hydrogens (tertiary/aromatic N) is 1. The van der Waals surface area contributed by atoms with Crippen LogP contribution in [-0.2, 0) is 17.8 Å². The molecule has 0 bridgehead atoms. The van der Waals surface area contributed by atoms with Crippen molar-refractivity contribution in [3.05, 3.63) is 95.3 Å². The molecule has 4 nitrogen and oxygen atoms in total. The summed E-state index contributed by atoms with van der Waals surface area (Å²) >= 11 is 0. The van der Waals surface area contributed by atoms with Crippen LogP contribution in [0.1, 0.15) is 29.2 Å². The molecule has 3 aromatic carbocycles. The molecule has 4 heteroatoms. The highest BCUT2D eigenvalue weighted by Gasteiger charge is 2.20. The first-order chi connectivity index (χ1) is 16.0. The Labute approximate surface area is 194 Å². The minimum absolute atomic E-state index is 0.0232. The SMILES string of the molecule is COc1cc2occ(-c3ccc(C)cc3)c2cc1/C(C)=C/C(=O)N1CCc2ccccc2C1. The predicted octanol–water partition coefficient (Wildman–Crippen LogP) is 6.41. The van der Waals surface area contributed by atoms with Crippen molar-refractivity contribution in [1.29, 1.82) is 0 Å². The molecular weight excluding hydrogens is 410 g/mol. The lowest BCUT2D eigenvalue weighted by molar-refractivity contribution is -0.126. The highest BCUT2D eigenvalue weighted by molar-refractivity contribution is 6.00. The largest absolute Gasteiger partial charge is 0.496 e. The van der Waals surface area contributed by atoms with Gasteiger partial charge in [-0.2, -0.15) is 0 Å². The molecule has 0 atom stereocenters. The van der Waals surface area contributed by atoms with Crippen molar-refractivity contribution in [3.63, 3.8) is 0 Å². The predicted molar refractivity (Wildman–Crippen MR) is 132 cm³/mol. The van der Waals surface area contributed by atoms with E-state index >= 15 is 0 Å². The molecule has 4 aromatic rings. The lowest BCUT2D eigenvalue weighted by atomic mass is 9.98. The van der Waals surface area contributed by atoms with E-state index in [1.807, 2.05) is 24.0 Å². The molecule has 1 aromatic heterocycles. The summed E-state index contributed by atoms with van der Waals surface area (Å²) in [5.41, 5.74) is 8.42. The molecule has 0 N–H and O–H groups in total. The Morgan fingerprint density at radius 1 is 1.06 bits per heavy atom. The number of ether oxygens (including phenoxy) is 1. The second kappa shape index (κ2) is 8.62. The molecular formula is C29H27NO3. The Kier molecular flexibility index (Phi) is 5.51. The fourth-order valence-corrected chi connectivity index (χ4v) is 4.53. The van der Waals surface area contributed by atoms with Crippen molar-refractivity contribution in [2.75, 3.05) is 13.7 Å². The fourth-order valence-electron chi connectivity index (χ4n) is 4.53. The van der Waals surface area contributed by atoms with Gasteiger partial charge in [-0.1, -0.05) is 54.1 Å². The van der Waals surface area contributed by atoms with Crippen molar-refractivity contribution in [3.8, 4) is 16.9 Å². The number of carbonyl (C=O) groups is 1. The van der Waals surface area contributed by atoms with Crippen LogP contribution in [-0.4, -0.2) is 24.5 Å². The maximum absolute atomic E-state index is 13.1. The summed E-state index contributed by atoms with van der Waals surface area (Å²) in [6, 6.07) is 20.7. The minimum atomic E-state index is 0.0232. The van der Waals surface area contributed by atoms with Crippen molar-refractivity contribution in [2.45, 2.75) is 26.8 Å². The minimum Gasteiger partial charge on any atom is -0.496 e. The van der Waals surface area contributed by atoms with E-state index in [0.717, 1.165) is 46.2 Å². The number of methoxy groups -OCH3 is 1. The second-order valence-corrected chi connectivity index (χ2v) is 8.67. The van der Waals surface area contributed by atoms with Crippen LogP contribution < -0.4 is 4.74 Å². The van der Waals surface area contributed by atoms with Gasteiger partial charge >= 0.3 is 0 Å². The van der Waals surface area contributed by atoms with E-state index in [1.165, 1.54) is 16.7 Å². The number of allylic oxidation sites excluding steroid dienone is 1. The van der Waals surface area contributed by atoms with Gasteiger partial charge in [0.05, 0.1) is 13.4 Å². The van der Waals surface area contributed by atoms with Gasteiger partial charge in [0.1, 0.15) is 11.3 Å². The van der Waals surface area contributed by atoms with Crippen LogP contribution in [0.15, 0.2) is 77.4 Å². The summed E-state index contributed by atoms with van der Waals surface area (Å²) < 4.78 is 11.5. The third-order valence-corrected chi connectivity index (χ3v) is 6.47. The van der Waals surface area contributed by atoms with Crippen molar-refractivity contribution < 1.29 is 13.9 Å². The number of fused-ring (bicyclic) bond motifs is 2. The molecule has 0 aliphatic carbocycles. The first-order valence-electron chi connectivity index (χ1n) is 11.2. The van der Waals surface area contributed by atoms with Crippen LogP contribution in [0.25, 0.3) is 27.7 Å². The number of aryl methyl sites for hydroxylation is 1. The quantitative estimate of drug-likeness (QED) is 0.347. The molecule has 2 heterocycles. The van der Waals surface area contributed by atoms with Crippen LogP contribution in [0.5, 0.6) is 5.75 Å². The average Bonchev–Trinajstić information content (AvgIpc) is 3.26. The van der Waals surface area contributed by atoms with Gasteiger partial charge in [0.15, 0.2) is 0 Å². The average molecular weight is 438 g/mol. The number of rotatable bonds is 4. The van der Waals surface area contributed by atoms with Gasteiger partial charge in [0.2, 0.25) is 5.91 Å². The number of amides is 1. The topological polar surface area (TPSA) is 42.7 Å². The van der Waals surface area contributed by atoms with Crippen LogP contribution in [0.2, 0.25) is 0 Å². The maximum Gasteiger partial charge on any atom is 0.247 e. The Balaban J connectivity index is 1.49. The number of carbonyl (C=O) groups excluding carboxylic acids is 1. The van der Waals surface area contributed by atoms with Crippen LogP contribution in [0.4, 0.5) is 0 Å². The Bertz CT molecular complexity index is 1360. The third kappa shape index (κ3) is 4.05. The van der Waals surface area contributed by atoms with E-state index in [4.69, 9.17) is 9.15 Å². The van der Waals surface area contributed by atoms with E-state index in [1.54, 1.807) is 19.4 Å². The summed E-state index contributed by atoms with van der Waals surface area (Å²) in [6.45, 7) is 5.42. The summed E-state index contributed by atoms with van der Waals surface area (Å²) in [5, 5.41) is 1.00. The van der Waals surface area contributed by atoms with E-state index in [2.05, 4.69) is 55.5 Å². The van der Waals surface area contributed by atoms with Gasteiger partial charge in [-0.3, -0.25) is 4.79 Å². The number of furan rings is 1. The third-order valence-electron chi connectivity index (χ3n) is 6.47. The molecule has 166 valence electrons. The van der Waals surface area contributed by atoms with E-state index in [-0.39, 0.29) is 5.91 Å². The van der Waals surface area contributed by atoms with Crippen molar-refractivity contribution in [2.24, 2.45) is 0 Å². The lowest BCUT2D eigenvalue weighted by Gasteiger charge is -2.28. The Morgan fingerprint density at radius 2 is 1.82 bits per heavy atom. The van der Waals surface area contributed by atoms with Crippen LogP contribution in [0.3, 0.4) is 0 Å². The highest BCUT2D eigenvalue weighted by Crippen LogP contribution is 2.37. The Hall–Kier alpha value is -3.79. The van der Waals surface area contributed by atoms with E-state index in [9.17, 15) is 4.79 Å². The number of benzene rings is 3. The van der Waals surface area contributed by atoms with Gasteiger partial charge in [0, 0.05) is 41.7 Å². The fraction of sp³-hybridized carbons (Fsp3) is 0.207. The van der Waals surface area contributed by atoms with Gasteiger partial charge < -0.3 is 14.1 Å². The smallest absolute Gasteiger partial charge is 0.247 e. The van der Waals surface area contributed by atoms with Crippen LogP contribution >= 0.6 is 0 Å². The van der Waals surface area contributed by atoms with Gasteiger partial charge in [-0.25, -0.2) is 0 Å². The number of hydrogen-bond acceptors (Lipinski definition) is 3. The zero-order chi connectivity index (χ0) is 22.9. The maximum atomic E-state index is 13.1. The van der Waals surface area contributed by atoms with Crippen LogP contribution in [0, 0.1) is 6.92 Å². The van der Waals surface area contributed by atoms with Gasteiger partial charge in [0.25, 0.3) is 0 Å². The highest BCUT2D eigenvalue weighted by atomic mass is 16.5. The summed E-state index contributed by atoms with van der Waals surface area (Å²) in [6.07, 6.45) is 4.40. The molecule has 0 spiro atoms. The molecule has 0 saturated carbocycles. The zero-order valence-corrected chi connectivity index (χ0v) is 19.2. The normalized spacial score (nSPS) is 13.8. The van der Waals surface area contributed by atoms with E-state index < -0.39 is 0 Å². The molecule has 0 saturated heterocycles. The molecule has 0 radical (unpaired) electrons. The molecule has 5 rings (SSSR count). The first-order valence-corrected chi connectivity index (χ1v) is 11.2. The molecule has 0 fully saturated rings. The number of hydrogen-bond donors (Lipinski definition) is 0. The monoisotopic (exact) mass is 437 g/mol. The summed E-state index contributed by atoms with van der Waals surface area (Å²) in [4.78, 5) is 15.0. The van der Waals surface area contributed by atoms with Crippen molar-refractivity contribution in [1.82, 2.24) is 4.90 Å². The molecule has 1 aliphatic heterocycles. The molecule has 33 heavy (non-hydrogen) atoms. The standard InChI is InChI=1S/C29H27NO3/c1-19-8-10-22(11-9-19)26-18-33-28-16-27(32-3)24(15-25(26)28)20(2)14-29(31)30-13-12-21-6-4-5-7-23(21)17-30/h4-11,14-16,18H,12-13,17H2,1-3H3/b20-14+. The van der Waals surface area contributed by atoms with Gasteiger partial charge in [-0.05, 0) is 48.6 Å². The second-order valence-electron chi connectivity index (χ2n) is 8.67. The van der Waals surface area contributed by atoms with E-state index in [0.29, 0.717) is 12.3 Å². The lowest BCUT2D eigenvalue weighted by Crippen LogP contribution is -2.34. The Morgan fingerprint density at radius 3 is 2.58 bits per heavy atom. The zero-order valence-electron chi connectivity index (χ0n) is 19.2. The molecule has 1 amide bonds. The molecule has 0 unspecified atom stereocenters. The summed E-state index contributed by atoms with van der Waals surface area (Å²) in [7, 11) is 1.64. The summed E-state index contributed by atoms with van der Waals surface area (Å²) in [5.74, 6) is 0.716. The first kappa shape index (κ1) is 21.1.